The van der Waals surface area contributed by atoms with Crippen LogP contribution >= 0.6 is 0 Å². The Hall–Kier alpha value is -1.91. The molecule has 0 spiro atoms. The van der Waals surface area contributed by atoms with Crippen molar-refractivity contribution in [2.24, 2.45) is 0 Å². The molecule has 1 aliphatic heterocycles. The summed E-state index contributed by atoms with van der Waals surface area (Å²) in [5.41, 5.74) is 7.50. The molecule has 1 aromatic rings. The van der Waals surface area contributed by atoms with Gasteiger partial charge in [0.1, 0.15) is 5.75 Å². The summed E-state index contributed by atoms with van der Waals surface area (Å²) in [5.74, 6) is 1.01. The molecule has 2 N–H and O–H groups in total. The van der Waals surface area contributed by atoms with Crippen molar-refractivity contribution in [3.63, 3.8) is 0 Å². The first-order chi connectivity index (χ1) is 9.15. The zero-order chi connectivity index (χ0) is 13.8. The predicted molar refractivity (Wildman–Crippen MR) is 76.5 cm³/mol. The molecule has 0 aliphatic carbocycles. The first-order valence-corrected chi connectivity index (χ1v) is 6.62. The molecule has 0 bridgehead atoms. The van der Waals surface area contributed by atoms with Gasteiger partial charge >= 0.3 is 0 Å². The van der Waals surface area contributed by atoms with E-state index in [2.05, 4.69) is 4.90 Å². The number of ether oxygens (including phenoxy) is 1. The molecule has 5 heteroatoms. The van der Waals surface area contributed by atoms with E-state index >= 15 is 0 Å². The lowest BCUT2D eigenvalue weighted by Gasteiger charge is -2.36. The number of carbonyl (C=O) groups excluding carboxylic acids is 1. The summed E-state index contributed by atoms with van der Waals surface area (Å²) in [6.45, 7) is 5.08. The molecule has 0 unspecified atom stereocenters. The zero-order valence-electron chi connectivity index (χ0n) is 11.6. The molecule has 1 aliphatic rings. The van der Waals surface area contributed by atoms with Gasteiger partial charge in [-0.05, 0) is 12.1 Å². The number of methoxy groups -OCH3 is 1. The van der Waals surface area contributed by atoms with Crippen molar-refractivity contribution in [2.75, 3.05) is 43.9 Å². The Morgan fingerprint density at radius 2 is 2.00 bits per heavy atom. The summed E-state index contributed by atoms with van der Waals surface area (Å²) in [6, 6.07) is 5.69. The molecule has 1 heterocycles. The standard InChI is InChI=1S/C14H21N3O2/c1-3-14(18)17-8-6-16(7-9-17)12-5-4-11(15)10-13(12)19-2/h4-5,10H,3,6-9,15H2,1-2H3. The molecular weight excluding hydrogens is 242 g/mol. The Bertz CT molecular complexity index is 454. The second-order valence-electron chi connectivity index (χ2n) is 4.65. The highest BCUT2D eigenvalue weighted by atomic mass is 16.5. The fraction of sp³-hybridized carbons (Fsp3) is 0.500. The van der Waals surface area contributed by atoms with Crippen LogP contribution in [-0.4, -0.2) is 44.1 Å². The summed E-state index contributed by atoms with van der Waals surface area (Å²) >= 11 is 0. The molecule has 0 saturated carbocycles. The van der Waals surface area contributed by atoms with Crippen LogP contribution in [0.1, 0.15) is 13.3 Å². The molecule has 0 atom stereocenters. The molecular formula is C14H21N3O2. The Kier molecular flexibility index (Phi) is 4.14. The van der Waals surface area contributed by atoms with E-state index in [0.717, 1.165) is 37.6 Å². The van der Waals surface area contributed by atoms with Crippen LogP contribution in [0.2, 0.25) is 0 Å². The fourth-order valence-corrected chi connectivity index (χ4v) is 2.38. The van der Waals surface area contributed by atoms with Crippen LogP contribution in [0.15, 0.2) is 18.2 Å². The van der Waals surface area contributed by atoms with Crippen LogP contribution in [0.25, 0.3) is 0 Å². The number of carbonyl (C=O) groups is 1. The second-order valence-corrected chi connectivity index (χ2v) is 4.65. The third-order valence-electron chi connectivity index (χ3n) is 3.48. The van der Waals surface area contributed by atoms with Gasteiger partial charge < -0.3 is 20.3 Å². The third kappa shape index (κ3) is 2.92. The lowest BCUT2D eigenvalue weighted by molar-refractivity contribution is -0.131. The number of nitrogens with two attached hydrogens (primary N) is 1. The molecule has 1 saturated heterocycles. The van der Waals surface area contributed by atoms with Crippen molar-refractivity contribution in [3.05, 3.63) is 18.2 Å². The van der Waals surface area contributed by atoms with Crippen LogP contribution in [-0.2, 0) is 4.79 Å². The highest BCUT2D eigenvalue weighted by molar-refractivity contribution is 5.76. The van der Waals surface area contributed by atoms with Crippen molar-refractivity contribution in [1.29, 1.82) is 0 Å². The zero-order valence-corrected chi connectivity index (χ0v) is 11.6. The number of hydrogen-bond donors (Lipinski definition) is 1. The number of rotatable bonds is 3. The third-order valence-corrected chi connectivity index (χ3v) is 3.48. The number of amides is 1. The van der Waals surface area contributed by atoms with Crippen LogP contribution in [0.3, 0.4) is 0 Å². The highest BCUT2D eigenvalue weighted by Crippen LogP contribution is 2.30. The van der Waals surface area contributed by atoms with Crippen molar-refractivity contribution in [3.8, 4) is 5.75 Å². The van der Waals surface area contributed by atoms with Crippen LogP contribution in [0.5, 0.6) is 5.75 Å². The van der Waals surface area contributed by atoms with E-state index in [1.807, 2.05) is 30.0 Å². The monoisotopic (exact) mass is 263 g/mol. The molecule has 5 nitrogen and oxygen atoms in total. The predicted octanol–water partition coefficient (Wildman–Crippen LogP) is 1.34. The van der Waals surface area contributed by atoms with Gasteiger partial charge in [-0.1, -0.05) is 6.92 Å². The number of piperazine rings is 1. The average Bonchev–Trinajstić information content (AvgIpc) is 2.46. The lowest BCUT2D eigenvalue weighted by atomic mass is 10.2. The summed E-state index contributed by atoms with van der Waals surface area (Å²) in [4.78, 5) is 15.8. The minimum Gasteiger partial charge on any atom is -0.495 e. The van der Waals surface area contributed by atoms with Gasteiger partial charge in [0.2, 0.25) is 5.91 Å². The van der Waals surface area contributed by atoms with Gasteiger partial charge in [-0.2, -0.15) is 0 Å². The van der Waals surface area contributed by atoms with E-state index in [1.54, 1.807) is 7.11 Å². The summed E-state index contributed by atoms with van der Waals surface area (Å²) in [6.07, 6.45) is 0.575. The number of anilines is 2. The van der Waals surface area contributed by atoms with E-state index < -0.39 is 0 Å². The molecule has 19 heavy (non-hydrogen) atoms. The minimum atomic E-state index is 0.226. The van der Waals surface area contributed by atoms with E-state index in [4.69, 9.17) is 10.5 Å². The highest BCUT2D eigenvalue weighted by Gasteiger charge is 2.21. The maximum Gasteiger partial charge on any atom is 0.222 e. The van der Waals surface area contributed by atoms with E-state index in [-0.39, 0.29) is 5.91 Å². The molecule has 0 aromatic heterocycles. The first-order valence-electron chi connectivity index (χ1n) is 6.62. The second kappa shape index (κ2) is 5.82. The van der Waals surface area contributed by atoms with Crippen molar-refractivity contribution in [2.45, 2.75) is 13.3 Å². The van der Waals surface area contributed by atoms with Gasteiger partial charge in [0.05, 0.1) is 12.8 Å². The maximum atomic E-state index is 11.6. The molecule has 104 valence electrons. The Morgan fingerprint density at radius 3 is 2.58 bits per heavy atom. The van der Waals surface area contributed by atoms with Crippen molar-refractivity contribution < 1.29 is 9.53 Å². The maximum absolute atomic E-state index is 11.6. The fourth-order valence-electron chi connectivity index (χ4n) is 2.38. The SMILES string of the molecule is CCC(=O)N1CCN(c2ccc(N)cc2OC)CC1. The van der Waals surface area contributed by atoms with Gasteiger partial charge in [-0.25, -0.2) is 0 Å². The van der Waals surface area contributed by atoms with Gasteiger partial charge in [0.25, 0.3) is 0 Å². The first kappa shape index (κ1) is 13.5. The number of nitrogen functional groups attached to an aromatic ring is 1. The lowest BCUT2D eigenvalue weighted by Crippen LogP contribution is -2.48. The van der Waals surface area contributed by atoms with Gasteiger partial charge in [0, 0.05) is 44.4 Å². The summed E-state index contributed by atoms with van der Waals surface area (Å²) in [7, 11) is 1.65. The average molecular weight is 263 g/mol. The Morgan fingerprint density at radius 1 is 1.32 bits per heavy atom. The summed E-state index contributed by atoms with van der Waals surface area (Å²) in [5, 5.41) is 0. The molecule has 0 radical (unpaired) electrons. The Balaban J connectivity index is 2.07. The van der Waals surface area contributed by atoms with Crippen molar-refractivity contribution in [1.82, 2.24) is 4.90 Å². The molecule has 1 fully saturated rings. The topological polar surface area (TPSA) is 58.8 Å². The largest absolute Gasteiger partial charge is 0.495 e. The van der Waals surface area contributed by atoms with E-state index in [0.29, 0.717) is 12.1 Å². The van der Waals surface area contributed by atoms with Crippen LogP contribution in [0.4, 0.5) is 11.4 Å². The quantitative estimate of drug-likeness (QED) is 0.836. The minimum absolute atomic E-state index is 0.226. The summed E-state index contributed by atoms with van der Waals surface area (Å²) < 4.78 is 5.37. The van der Waals surface area contributed by atoms with Gasteiger partial charge in [-0.3, -0.25) is 4.79 Å². The van der Waals surface area contributed by atoms with E-state index in [1.165, 1.54) is 0 Å². The number of hydrogen-bond acceptors (Lipinski definition) is 4. The van der Waals surface area contributed by atoms with Gasteiger partial charge in [0.15, 0.2) is 0 Å². The smallest absolute Gasteiger partial charge is 0.222 e. The molecule has 1 aromatic carbocycles. The van der Waals surface area contributed by atoms with E-state index in [9.17, 15) is 4.79 Å². The van der Waals surface area contributed by atoms with Crippen LogP contribution in [0, 0.1) is 0 Å². The normalized spacial score (nSPS) is 15.5. The Labute approximate surface area is 113 Å². The molecule has 2 rings (SSSR count). The molecule has 1 amide bonds. The van der Waals surface area contributed by atoms with Crippen molar-refractivity contribution >= 4 is 17.3 Å². The van der Waals surface area contributed by atoms with Crippen LogP contribution < -0.4 is 15.4 Å². The number of benzene rings is 1. The van der Waals surface area contributed by atoms with Gasteiger partial charge in [-0.15, -0.1) is 0 Å². The number of nitrogens with zero attached hydrogens (tertiary/aromatic N) is 2.